The van der Waals surface area contributed by atoms with Crippen LogP contribution in [-0.4, -0.2) is 13.2 Å². The van der Waals surface area contributed by atoms with Gasteiger partial charge in [-0.1, -0.05) is 31.5 Å². The Kier molecular flexibility index (Phi) is 5.08. The third-order valence-corrected chi connectivity index (χ3v) is 2.14. The first kappa shape index (κ1) is 11.1. The topological polar surface area (TPSA) is 35.2 Å². The summed E-state index contributed by atoms with van der Waals surface area (Å²) in [5, 5.41) is 0. The summed E-state index contributed by atoms with van der Waals surface area (Å²) in [6.45, 7) is 3.64. The van der Waals surface area contributed by atoms with Crippen LogP contribution in [-0.2, 0) is 6.42 Å². The number of rotatable bonds is 6. The summed E-state index contributed by atoms with van der Waals surface area (Å²) < 4.78 is 5.67. The number of nitrogens with two attached hydrogens (primary N) is 1. The summed E-state index contributed by atoms with van der Waals surface area (Å²) >= 11 is 0. The second kappa shape index (κ2) is 6.44. The molecule has 2 heteroatoms. The maximum absolute atomic E-state index is 5.67. The van der Waals surface area contributed by atoms with Gasteiger partial charge in [0.25, 0.3) is 0 Å². The van der Waals surface area contributed by atoms with Crippen LogP contribution >= 0.6 is 0 Å². The van der Waals surface area contributed by atoms with Crippen LogP contribution in [0.1, 0.15) is 25.3 Å². The highest BCUT2D eigenvalue weighted by Crippen LogP contribution is 2.18. The molecule has 0 heterocycles. The quantitative estimate of drug-likeness (QED) is 0.704. The maximum Gasteiger partial charge on any atom is 0.122 e. The fourth-order valence-electron chi connectivity index (χ4n) is 1.33. The van der Waals surface area contributed by atoms with Crippen LogP contribution in [0.3, 0.4) is 0 Å². The fourth-order valence-corrected chi connectivity index (χ4v) is 1.33. The van der Waals surface area contributed by atoms with Crippen LogP contribution in [0.5, 0.6) is 5.75 Å². The molecule has 0 saturated heterocycles. The number of hydrogen-bond donors (Lipinski definition) is 1. The van der Waals surface area contributed by atoms with Gasteiger partial charge < -0.3 is 10.5 Å². The van der Waals surface area contributed by atoms with Gasteiger partial charge in [-0.3, -0.25) is 0 Å². The largest absolute Gasteiger partial charge is 0.493 e. The molecule has 0 saturated carbocycles. The Morgan fingerprint density at radius 3 is 2.79 bits per heavy atom. The molecule has 0 aromatic heterocycles. The van der Waals surface area contributed by atoms with Gasteiger partial charge in [-0.25, -0.2) is 0 Å². The Hall–Kier alpha value is -1.02. The first-order valence-electron chi connectivity index (χ1n) is 5.29. The second-order valence-corrected chi connectivity index (χ2v) is 3.35. The van der Waals surface area contributed by atoms with Crippen molar-refractivity contribution in [3.63, 3.8) is 0 Å². The lowest BCUT2D eigenvalue weighted by Crippen LogP contribution is -2.05. The van der Waals surface area contributed by atoms with Crippen molar-refractivity contribution in [2.75, 3.05) is 13.2 Å². The van der Waals surface area contributed by atoms with Gasteiger partial charge in [0.1, 0.15) is 5.75 Å². The Bertz CT molecular complexity index is 260. The van der Waals surface area contributed by atoms with Crippen molar-refractivity contribution in [1.82, 2.24) is 0 Å². The normalized spacial score (nSPS) is 10.1. The Morgan fingerprint density at radius 1 is 1.29 bits per heavy atom. The van der Waals surface area contributed by atoms with Gasteiger partial charge in [0.05, 0.1) is 6.61 Å². The lowest BCUT2D eigenvalue weighted by molar-refractivity contribution is 0.306. The number of ether oxygens (including phenoxy) is 1. The lowest BCUT2D eigenvalue weighted by Gasteiger charge is -2.09. The fraction of sp³-hybridized carbons (Fsp3) is 0.500. The van der Waals surface area contributed by atoms with Crippen LogP contribution in [0.25, 0.3) is 0 Å². The SMILES string of the molecule is CCCCOc1ccccc1CCN. The van der Waals surface area contributed by atoms with E-state index in [-0.39, 0.29) is 0 Å². The summed E-state index contributed by atoms with van der Waals surface area (Å²) in [6, 6.07) is 8.12. The minimum Gasteiger partial charge on any atom is -0.493 e. The molecule has 0 fully saturated rings. The Morgan fingerprint density at radius 2 is 2.07 bits per heavy atom. The number of unbranched alkanes of at least 4 members (excludes halogenated alkanes) is 1. The van der Waals surface area contributed by atoms with E-state index in [0.29, 0.717) is 6.54 Å². The van der Waals surface area contributed by atoms with Crippen LogP contribution in [0, 0.1) is 0 Å². The summed E-state index contributed by atoms with van der Waals surface area (Å²) in [6.07, 6.45) is 3.16. The summed E-state index contributed by atoms with van der Waals surface area (Å²) in [5.41, 5.74) is 6.74. The summed E-state index contributed by atoms with van der Waals surface area (Å²) in [7, 11) is 0. The predicted molar refractivity (Wildman–Crippen MR) is 59.6 cm³/mol. The standard InChI is InChI=1S/C12H19NO/c1-2-3-10-14-12-7-5-4-6-11(12)8-9-13/h4-7H,2-3,8-10,13H2,1H3. The van der Waals surface area contributed by atoms with Gasteiger partial charge in [0.2, 0.25) is 0 Å². The number of hydrogen-bond acceptors (Lipinski definition) is 2. The third kappa shape index (κ3) is 3.38. The molecule has 14 heavy (non-hydrogen) atoms. The van der Waals surface area contributed by atoms with Crippen LogP contribution < -0.4 is 10.5 Å². The first-order valence-corrected chi connectivity index (χ1v) is 5.29. The molecule has 0 bridgehead atoms. The molecular formula is C12H19NO. The van der Waals surface area contributed by atoms with Crippen molar-refractivity contribution in [3.8, 4) is 5.75 Å². The Labute approximate surface area is 86.1 Å². The molecule has 0 spiro atoms. The lowest BCUT2D eigenvalue weighted by atomic mass is 10.1. The smallest absolute Gasteiger partial charge is 0.122 e. The van der Waals surface area contributed by atoms with E-state index >= 15 is 0 Å². The van der Waals surface area contributed by atoms with Crippen molar-refractivity contribution >= 4 is 0 Å². The van der Waals surface area contributed by atoms with Crippen LogP contribution in [0.4, 0.5) is 0 Å². The van der Waals surface area contributed by atoms with Crippen LogP contribution in [0.15, 0.2) is 24.3 Å². The van der Waals surface area contributed by atoms with Gasteiger partial charge in [-0.2, -0.15) is 0 Å². The van der Waals surface area contributed by atoms with Crippen molar-refractivity contribution in [3.05, 3.63) is 29.8 Å². The van der Waals surface area contributed by atoms with E-state index in [4.69, 9.17) is 10.5 Å². The van der Waals surface area contributed by atoms with Gasteiger partial charge in [0, 0.05) is 0 Å². The zero-order valence-corrected chi connectivity index (χ0v) is 8.83. The maximum atomic E-state index is 5.67. The molecule has 78 valence electrons. The average molecular weight is 193 g/mol. The molecule has 2 N–H and O–H groups in total. The van der Waals surface area contributed by atoms with E-state index in [2.05, 4.69) is 13.0 Å². The highest BCUT2D eigenvalue weighted by Gasteiger charge is 2.00. The zero-order chi connectivity index (χ0) is 10.2. The van der Waals surface area contributed by atoms with E-state index in [0.717, 1.165) is 25.2 Å². The van der Waals surface area contributed by atoms with Gasteiger partial charge in [0.15, 0.2) is 0 Å². The molecule has 1 aromatic rings. The van der Waals surface area contributed by atoms with Crippen LogP contribution in [0.2, 0.25) is 0 Å². The summed E-state index contributed by atoms with van der Waals surface area (Å²) in [4.78, 5) is 0. The molecule has 1 rings (SSSR count). The first-order chi connectivity index (χ1) is 6.88. The number of para-hydroxylation sites is 1. The predicted octanol–water partition coefficient (Wildman–Crippen LogP) is 2.37. The van der Waals surface area contributed by atoms with Gasteiger partial charge in [-0.05, 0) is 31.0 Å². The highest BCUT2D eigenvalue weighted by atomic mass is 16.5. The molecule has 1 aromatic carbocycles. The monoisotopic (exact) mass is 193 g/mol. The minimum atomic E-state index is 0.675. The van der Waals surface area contributed by atoms with E-state index < -0.39 is 0 Å². The van der Waals surface area contributed by atoms with Crippen molar-refractivity contribution in [1.29, 1.82) is 0 Å². The molecule has 0 amide bonds. The van der Waals surface area contributed by atoms with Crippen molar-refractivity contribution < 1.29 is 4.74 Å². The molecule has 0 unspecified atom stereocenters. The molecule has 0 aliphatic heterocycles. The van der Waals surface area contributed by atoms with Crippen molar-refractivity contribution in [2.45, 2.75) is 26.2 Å². The van der Waals surface area contributed by atoms with Crippen molar-refractivity contribution in [2.24, 2.45) is 5.73 Å². The molecule has 0 radical (unpaired) electrons. The highest BCUT2D eigenvalue weighted by molar-refractivity contribution is 5.33. The van der Waals surface area contributed by atoms with E-state index in [1.54, 1.807) is 0 Å². The number of benzene rings is 1. The molecular weight excluding hydrogens is 174 g/mol. The van der Waals surface area contributed by atoms with Gasteiger partial charge >= 0.3 is 0 Å². The molecule has 0 aliphatic rings. The Balaban J connectivity index is 2.55. The molecule has 2 nitrogen and oxygen atoms in total. The molecule has 0 atom stereocenters. The molecule has 0 aliphatic carbocycles. The third-order valence-electron chi connectivity index (χ3n) is 2.14. The zero-order valence-electron chi connectivity index (χ0n) is 8.83. The minimum absolute atomic E-state index is 0.675. The van der Waals surface area contributed by atoms with E-state index in [9.17, 15) is 0 Å². The van der Waals surface area contributed by atoms with E-state index in [1.807, 2.05) is 18.2 Å². The van der Waals surface area contributed by atoms with E-state index in [1.165, 1.54) is 12.0 Å². The summed E-state index contributed by atoms with van der Waals surface area (Å²) in [5.74, 6) is 0.992. The average Bonchev–Trinajstić information content (AvgIpc) is 2.21. The second-order valence-electron chi connectivity index (χ2n) is 3.35. The van der Waals surface area contributed by atoms with Gasteiger partial charge in [-0.15, -0.1) is 0 Å².